The predicted octanol–water partition coefficient (Wildman–Crippen LogP) is 5.09. The van der Waals surface area contributed by atoms with Gasteiger partial charge in [-0.2, -0.15) is 0 Å². The second kappa shape index (κ2) is 6.87. The molecule has 2 N–H and O–H groups in total. The molecule has 2 aromatic carbocycles. The van der Waals surface area contributed by atoms with Gasteiger partial charge in [0.05, 0.1) is 5.69 Å². The molecule has 1 heterocycles. The highest BCUT2D eigenvalue weighted by Crippen LogP contribution is 2.27. The number of benzene rings is 2. The molecule has 1 aromatic heterocycles. The van der Waals surface area contributed by atoms with Crippen molar-refractivity contribution in [3.8, 4) is 22.4 Å². The van der Waals surface area contributed by atoms with E-state index in [9.17, 15) is 0 Å². The molecule has 0 saturated heterocycles. The molecule has 0 unspecified atom stereocenters. The number of thiazole rings is 1. The van der Waals surface area contributed by atoms with E-state index in [4.69, 9.17) is 5.73 Å². The molecule has 2 nitrogen and oxygen atoms in total. The van der Waals surface area contributed by atoms with Gasteiger partial charge in [0.1, 0.15) is 0 Å². The summed E-state index contributed by atoms with van der Waals surface area (Å²) >= 11 is 1.47. The summed E-state index contributed by atoms with van der Waals surface area (Å²) in [5, 5.41) is 2.59. The SMILES string of the molecule is CC.Nc1nc(-c2cccc(-c3ccccc3)c2)cs1. The fourth-order valence-electron chi connectivity index (χ4n) is 1.91. The summed E-state index contributed by atoms with van der Waals surface area (Å²) < 4.78 is 0. The van der Waals surface area contributed by atoms with Crippen molar-refractivity contribution in [3.63, 3.8) is 0 Å². The lowest BCUT2D eigenvalue weighted by molar-refractivity contribution is 1.41. The molecule has 0 amide bonds. The molecule has 0 aliphatic carbocycles. The topological polar surface area (TPSA) is 38.9 Å². The highest BCUT2D eigenvalue weighted by molar-refractivity contribution is 7.13. The van der Waals surface area contributed by atoms with E-state index < -0.39 is 0 Å². The lowest BCUT2D eigenvalue weighted by Gasteiger charge is -2.03. The van der Waals surface area contributed by atoms with Crippen LogP contribution in [0.2, 0.25) is 0 Å². The monoisotopic (exact) mass is 282 g/mol. The van der Waals surface area contributed by atoms with E-state index in [2.05, 4.69) is 35.3 Å². The molecule has 0 atom stereocenters. The van der Waals surface area contributed by atoms with Crippen molar-refractivity contribution in [3.05, 3.63) is 60.0 Å². The van der Waals surface area contributed by atoms with Crippen LogP contribution < -0.4 is 5.73 Å². The molecular formula is C17H18N2S. The maximum Gasteiger partial charge on any atom is 0.180 e. The van der Waals surface area contributed by atoms with Gasteiger partial charge in [-0.15, -0.1) is 11.3 Å². The molecule has 0 fully saturated rings. The van der Waals surface area contributed by atoms with Gasteiger partial charge in [0.2, 0.25) is 0 Å². The van der Waals surface area contributed by atoms with Crippen LogP contribution in [0.5, 0.6) is 0 Å². The fraction of sp³-hybridized carbons (Fsp3) is 0.118. The van der Waals surface area contributed by atoms with Crippen LogP contribution in [0.25, 0.3) is 22.4 Å². The Morgan fingerprint density at radius 2 is 1.50 bits per heavy atom. The number of hydrogen-bond acceptors (Lipinski definition) is 3. The van der Waals surface area contributed by atoms with Crippen molar-refractivity contribution in [2.24, 2.45) is 0 Å². The highest BCUT2D eigenvalue weighted by atomic mass is 32.1. The van der Waals surface area contributed by atoms with Crippen LogP contribution >= 0.6 is 11.3 Å². The number of aromatic nitrogens is 1. The Morgan fingerprint density at radius 1 is 0.850 bits per heavy atom. The van der Waals surface area contributed by atoms with Gasteiger partial charge in [-0.1, -0.05) is 62.4 Å². The molecule has 3 rings (SSSR count). The lowest BCUT2D eigenvalue weighted by Crippen LogP contribution is -1.84. The van der Waals surface area contributed by atoms with Crippen molar-refractivity contribution in [1.29, 1.82) is 0 Å². The van der Waals surface area contributed by atoms with E-state index in [0.29, 0.717) is 5.13 Å². The maximum absolute atomic E-state index is 5.67. The van der Waals surface area contributed by atoms with Gasteiger partial charge in [-0.05, 0) is 17.2 Å². The number of nitrogens with zero attached hydrogens (tertiary/aromatic N) is 1. The van der Waals surface area contributed by atoms with Gasteiger partial charge < -0.3 is 5.73 Å². The first-order valence-corrected chi connectivity index (χ1v) is 7.58. The molecule has 0 aliphatic rings. The normalized spacial score (nSPS) is 9.70. The Bertz CT molecular complexity index is 660. The average Bonchev–Trinajstić information content (AvgIpc) is 2.97. The van der Waals surface area contributed by atoms with Crippen LogP contribution in [0.3, 0.4) is 0 Å². The van der Waals surface area contributed by atoms with Crippen LogP contribution in [0, 0.1) is 0 Å². The van der Waals surface area contributed by atoms with Crippen LogP contribution in [-0.2, 0) is 0 Å². The van der Waals surface area contributed by atoms with Crippen molar-refractivity contribution in [1.82, 2.24) is 4.98 Å². The molecular weight excluding hydrogens is 264 g/mol. The second-order valence-electron chi connectivity index (χ2n) is 4.02. The molecule has 0 radical (unpaired) electrons. The Labute approximate surface area is 123 Å². The Kier molecular flexibility index (Phi) is 4.91. The third kappa shape index (κ3) is 3.25. The van der Waals surface area contributed by atoms with E-state index in [0.717, 1.165) is 11.3 Å². The fourth-order valence-corrected chi connectivity index (χ4v) is 2.48. The lowest BCUT2D eigenvalue weighted by atomic mass is 10.0. The molecule has 20 heavy (non-hydrogen) atoms. The summed E-state index contributed by atoms with van der Waals surface area (Å²) in [4.78, 5) is 4.31. The summed E-state index contributed by atoms with van der Waals surface area (Å²) in [6.45, 7) is 4.00. The quantitative estimate of drug-likeness (QED) is 0.711. The minimum atomic E-state index is 0.607. The molecule has 0 spiro atoms. The molecule has 0 aliphatic heterocycles. The van der Waals surface area contributed by atoms with Crippen molar-refractivity contribution >= 4 is 16.5 Å². The minimum Gasteiger partial charge on any atom is -0.375 e. The van der Waals surface area contributed by atoms with E-state index >= 15 is 0 Å². The molecule has 3 heteroatoms. The third-order valence-electron chi connectivity index (χ3n) is 2.79. The zero-order chi connectivity index (χ0) is 14.4. The number of anilines is 1. The summed E-state index contributed by atoms with van der Waals surface area (Å²) in [5.74, 6) is 0. The van der Waals surface area contributed by atoms with E-state index in [1.165, 1.54) is 22.5 Å². The molecule has 102 valence electrons. The summed E-state index contributed by atoms with van der Waals surface area (Å²) in [5.41, 5.74) is 10.1. The number of nitrogen functional groups attached to an aromatic ring is 1. The predicted molar refractivity (Wildman–Crippen MR) is 88.7 cm³/mol. The zero-order valence-electron chi connectivity index (χ0n) is 11.7. The van der Waals surface area contributed by atoms with Gasteiger partial charge in [0.15, 0.2) is 5.13 Å². The van der Waals surface area contributed by atoms with E-state index in [-0.39, 0.29) is 0 Å². The number of hydrogen-bond donors (Lipinski definition) is 1. The Hall–Kier alpha value is -2.13. The number of nitrogens with two attached hydrogens (primary N) is 1. The van der Waals surface area contributed by atoms with E-state index in [1.54, 1.807) is 0 Å². The van der Waals surface area contributed by atoms with Crippen molar-refractivity contribution in [2.45, 2.75) is 13.8 Å². The molecule has 0 saturated carbocycles. The van der Waals surface area contributed by atoms with Crippen LogP contribution in [0.1, 0.15) is 13.8 Å². The first-order valence-electron chi connectivity index (χ1n) is 6.70. The highest BCUT2D eigenvalue weighted by Gasteiger charge is 2.04. The van der Waals surface area contributed by atoms with Crippen LogP contribution in [0.15, 0.2) is 60.0 Å². The standard InChI is InChI=1S/C15H12N2S.C2H6/c16-15-17-14(10-18-15)13-8-4-7-12(9-13)11-5-2-1-3-6-11;1-2/h1-10H,(H2,16,17);1-2H3. The molecule has 0 bridgehead atoms. The first-order chi connectivity index (χ1) is 9.83. The van der Waals surface area contributed by atoms with Crippen LogP contribution in [0.4, 0.5) is 5.13 Å². The summed E-state index contributed by atoms with van der Waals surface area (Å²) in [7, 11) is 0. The van der Waals surface area contributed by atoms with Crippen LogP contribution in [-0.4, -0.2) is 4.98 Å². The van der Waals surface area contributed by atoms with Gasteiger partial charge in [0, 0.05) is 10.9 Å². The Balaban J connectivity index is 0.000000704. The largest absolute Gasteiger partial charge is 0.375 e. The zero-order valence-corrected chi connectivity index (χ0v) is 12.5. The van der Waals surface area contributed by atoms with Gasteiger partial charge in [-0.25, -0.2) is 4.98 Å². The summed E-state index contributed by atoms with van der Waals surface area (Å²) in [6.07, 6.45) is 0. The smallest absolute Gasteiger partial charge is 0.180 e. The van der Waals surface area contributed by atoms with Crippen molar-refractivity contribution < 1.29 is 0 Å². The Morgan fingerprint density at radius 3 is 2.15 bits per heavy atom. The van der Waals surface area contributed by atoms with Gasteiger partial charge in [-0.3, -0.25) is 0 Å². The first kappa shape index (κ1) is 14.3. The third-order valence-corrected chi connectivity index (χ3v) is 3.46. The molecule has 3 aromatic rings. The second-order valence-corrected chi connectivity index (χ2v) is 4.91. The van der Waals surface area contributed by atoms with Crippen molar-refractivity contribution in [2.75, 3.05) is 5.73 Å². The maximum atomic E-state index is 5.67. The van der Waals surface area contributed by atoms with E-state index in [1.807, 2.05) is 43.5 Å². The summed E-state index contributed by atoms with van der Waals surface area (Å²) in [6, 6.07) is 18.7. The average molecular weight is 282 g/mol. The van der Waals surface area contributed by atoms with Gasteiger partial charge >= 0.3 is 0 Å². The minimum absolute atomic E-state index is 0.607. The van der Waals surface area contributed by atoms with Gasteiger partial charge in [0.25, 0.3) is 0 Å². The number of rotatable bonds is 2.